The minimum absolute atomic E-state index is 0.251. The summed E-state index contributed by atoms with van der Waals surface area (Å²) in [4.78, 5) is 18.5. The van der Waals surface area contributed by atoms with E-state index in [1.54, 1.807) is 11.3 Å². The van der Waals surface area contributed by atoms with Crippen LogP contribution >= 0.6 is 11.3 Å². The van der Waals surface area contributed by atoms with Crippen molar-refractivity contribution >= 4 is 17.2 Å². The third kappa shape index (κ3) is 3.65. The van der Waals surface area contributed by atoms with E-state index in [-0.39, 0.29) is 5.91 Å². The van der Waals surface area contributed by atoms with Gasteiger partial charge in [0.2, 0.25) is 0 Å². The average Bonchev–Trinajstić information content (AvgIpc) is 3.23. The van der Waals surface area contributed by atoms with Crippen molar-refractivity contribution in [2.45, 2.75) is 20.4 Å². The molecule has 124 valence electrons. The summed E-state index contributed by atoms with van der Waals surface area (Å²) in [6.45, 7) is 5.00. The van der Waals surface area contributed by atoms with E-state index in [2.05, 4.69) is 10.3 Å². The van der Waals surface area contributed by atoms with Crippen molar-refractivity contribution in [3.05, 3.63) is 58.9 Å². The summed E-state index contributed by atoms with van der Waals surface area (Å²) in [5.74, 6) is 1.08. The lowest BCUT2D eigenvalue weighted by Crippen LogP contribution is -2.23. The molecule has 0 radical (unpaired) electrons. The second kappa shape index (κ2) is 7.31. The van der Waals surface area contributed by atoms with E-state index in [1.807, 2.05) is 50.2 Å². The smallest absolute Gasteiger partial charge is 0.274 e. The van der Waals surface area contributed by atoms with Crippen LogP contribution in [0.2, 0.25) is 0 Å². The molecule has 0 saturated carbocycles. The van der Waals surface area contributed by atoms with Crippen LogP contribution in [-0.4, -0.2) is 17.5 Å². The van der Waals surface area contributed by atoms with Crippen LogP contribution in [0.5, 0.6) is 5.75 Å². The van der Waals surface area contributed by atoms with Gasteiger partial charge in [0.25, 0.3) is 5.91 Å². The van der Waals surface area contributed by atoms with Crippen molar-refractivity contribution in [2.24, 2.45) is 0 Å². The molecule has 3 aromatic rings. The van der Waals surface area contributed by atoms with E-state index in [4.69, 9.17) is 9.15 Å². The first-order chi connectivity index (χ1) is 11.7. The Morgan fingerprint density at radius 3 is 2.71 bits per heavy atom. The fourth-order valence-electron chi connectivity index (χ4n) is 2.28. The number of aromatic nitrogens is 1. The third-order valence-corrected chi connectivity index (χ3v) is 4.43. The molecule has 1 amide bonds. The maximum Gasteiger partial charge on any atom is 0.274 e. The first-order valence-corrected chi connectivity index (χ1v) is 8.49. The van der Waals surface area contributed by atoms with Crippen LogP contribution < -0.4 is 10.1 Å². The number of benzene rings is 1. The number of thiophene rings is 1. The van der Waals surface area contributed by atoms with Crippen LogP contribution in [0.25, 0.3) is 10.6 Å². The van der Waals surface area contributed by atoms with Gasteiger partial charge in [-0.2, -0.15) is 0 Å². The molecule has 0 aliphatic heterocycles. The van der Waals surface area contributed by atoms with Crippen molar-refractivity contribution < 1.29 is 13.9 Å². The summed E-state index contributed by atoms with van der Waals surface area (Å²) in [6, 6.07) is 11.6. The molecule has 1 aromatic carbocycles. The number of hydrogen-bond acceptors (Lipinski definition) is 5. The highest BCUT2D eigenvalue weighted by Gasteiger charge is 2.19. The second-order valence-electron chi connectivity index (χ2n) is 5.20. The van der Waals surface area contributed by atoms with E-state index in [9.17, 15) is 4.79 Å². The highest BCUT2D eigenvalue weighted by Crippen LogP contribution is 2.30. The summed E-state index contributed by atoms with van der Waals surface area (Å²) in [5, 5.41) is 2.87. The van der Waals surface area contributed by atoms with Crippen molar-refractivity contribution in [3.8, 4) is 16.4 Å². The van der Waals surface area contributed by atoms with Gasteiger partial charge in [-0.15, -0.1) is 11.3 Å². The molecule has 0 spiro atoms. The van der Waals surface area contributed by atoms with Gasteiger partial charge < -0.3 is 14.5 Å². The van der Waals surface area contributed by atoms with E-state index in [0.717, 1.165) is 21.1 Å². The molecule has 0 bridgehead atoms. The van der Waals surface area contributed by atoms with Gasteiger partial charge in [-0.1, -0.05) is 12.1 Å². The van der Waals surface area contributed by atoms with Gasteiger partial charge >= 0.3 is 0 Å². The number of hydrogen-bond donors (Lipinski definition) is 1. The Balaban J connectivity index is 1.66. The van der Waals surface area contributed by atoms with E-state index in [1.165, 1.54) is 6.39 Å². The fraction of sp³-hybridized carbons (Fsp3) is 0.222. The summed E-state index contributed by atoms with van der Waals surface area (Å²) < 4.78 is 10.8. The lowest BCUT2D eigenvalue weighted by molar-refractivity contribution is 0.0947. The second-order valence-corrected chi connectivity index (χ2v) is 6.49. The monoisotopic (exact) mass is 342 g/mol. The fourth-order valence-corrected chi connectivity index (χ4v) is 3.13. The largest absolute Gasteiger partial charge is 0.494 e. The summed E-state index contributed by atoms with van der Waals surface area (Å²) in [6.07, 6.45) is 1.30. The Hall–Kier alpha value is -2.60. The van der Waals surface area contributed by atoms with Crippen LogP contribution in [-0.2, 0) is 6.54 Å². The van der Waals surface area contributed by atoms with Crippen LogP contribution in [0, 0.1) is 6.92 Å². The van der Waals surface area contributed by atoms with E-state index < -0.39 is 0 Å². The third-order valence-electron chi connectivity index (χ3n) is 3.43. The van der Waals surface area contributed by atoms with Crippen molar-refractivity contribution in [1.82, 2.24) is 10.3 Å². The van der Waals surface area contributed by atoms with Crippen LogP contribution in [0.3, 0.4) is 0 Å². The Morgan fingerprint density at radius 1 is 1.25 bits per heavy atom. The first kappa shape index (κ1) is 16.3. The first-order valence-electron chi connectivity index (χ1n) is 7.67. The molecule has 6 heteroatoms. The standard InChI is InChI=1S/C18H18N2O3S/c1-3-22-14-7-5-13(6-8-14)10-19-18(21)16-17(23-11-20-16)15-9-4-12(2)24-15/h4-9,11H,3,10H2,1-2H3,(H,19,21). The van der Waals surface area contributed by atoms with Gasteiger partial charge in [0.15, 0.2) is 17.8 Å². The van der Waals surface area contributed by atoms with Crippen LogP contribution in [0.15, 0.2) is 47.2 Å². The normalized spacial score (nSPS) is 10.6. The number of nitrogens with one attached hydrogen (secondary N) is 1. The average molecular weight is 342 g/mol. The van der Waals surface area contributed by atoms with Crippen LogP contribution in [0.4, 0.5) is 0 Å². The van der Waals surface area contributed by atoms with Crippen molar-refractivity contribution in [2.75, 3.05) is 6.61 Å². The quantitative estimate of drug-likeness (QED) is 0.734. The molecule has 0 saturated heterocycles. The zero-order chi connectivity index (χ0) is 16.9. The Kier molecular flexibility index (Phi) is 4.96. The number of rotatable bonds is 6. The van der Waals surface area contributed by atoms with Crippen molar-refractivity contribution in [1.29, 1.82) is 0 Å². The maximum absolute atomic E-state index is 12.4. The SMILES string of the molecule is CCOc1ccc(CNC(=O)c2ncoc2-c2ccc(C)s2)cc1. The lowest BCUT2D eigenvalue weighted by atomic mass is 10.2. The number of oxazole rings is 1. The Labute approximate surface area is 144 Å². The van der Waals surface area contributed by atoms with Crippen molar-refractivity contribution in [3.63, 3.8) is 0 Å². The minimum atomic E-state index is -0.251. The highest BCUT2D eigenvalue weighted by molar-refractivity contribution is 7.15. The molecule has 3 rings (SSSR count). The summed E-state index contributed by atoms with van der Waals surface area (Å²) in [5.41, 5.74) is 1.30. The zero-order valence-corrected chi connectivity index (χ0v) is 14.4. The molecule has 0 aliphatic rings. The number of carbonyl (C=O) groups excluding carboxylic acids is 1. The lowest BCUT2D eigenvalue weighted by Gasteiger charge is -2.06. The van der Waals surface area contributed by atoms with E-state index in [0.29, 0.717) is 24.6 Å². The molecule has 1 N–H and O–H groups in total. The van der Waals surface area contributed by atoms with Gasteiger partial charge in [0.05, 0.1) is 11.5 Å². The molecule has 0 atom stereocenters. The molecule has 2 heterocycles. The van der Waals surface area contributed by atoms with Gasteiger partial charge in [-0.25, -0.2) is 4.98 Å². The number of nitrogens with zero attached hydrogens (tertiary/aromatic N) is 1. The Morgan fingerprint density at radius 2 is 2.04 bits per heavy atom. The molecule has 5 nitrogen and oxygen atoms in total. The van der Waals surface area contributed by atoms with Gasteiger partial charge in [-0.3, -0.25) is 4.79 Å². The molecule has 2 aromatic heterocycles. The summed E-state index contributed by atoms with van der Waals surface area (Å²) >= 11 is 1.57. The van der Waals surface area contributed by atoms with Gasteiger partial charge in [0, 0.05) is 11.4 Å². The Bertz CT molecular complexity index is 821. The minimum Gasteiger partial charge on any atom is -0.494 e. The molecule has 0 unspecified atom stereocenters. The predicted molar refractivity (Wildman–Crippen MR) is 93.3 cm³/mol. The molecule has 0 aliphatic carbocycles. The molecule has 24 heavy (non-hydrogen) atoms. The number of amides is 1. The number of aryl methyl sites for hydroxylation is 1. The molecular formula is C18H18N2O3S. The van der Waals surface area contributed by atoms with Gasteiger partial charge in [0.1, 0.15) is 5.75 Å². The number of ether oxygens (including phenoxy) is 1. The van der Waals surface area contributed by atoms with E-state index >= 15 is 0 Å². The summed E-state index contributed by atoms with van der Waals surface area (Å²) in [7, 11) is 0. The maximum atomic E-state index is 12.4. The molecular weight excluding hydrogens is 324 g/mol. The number of carbonyl (C=O) groups is 1. The molecule has 0 fully saturated rings. The predicted octanol–water partition coefficient (Wildman–Crippen LogP) is 4.04. The topological polar surface area (TPSA) is 64.4 Å². The zero-order valence-electron chi connectivity index (χ0n) is 13.5. The van der Waals surface area contributed by atoms with Crippen LogP contribution in [0.1, 0.15) is 27.9 Å². The van der Waals surface area contributed by atoms with Gasteiger partial charge in [-0.05, 0) is 43.7 Å². The highest BCUT2D eigenvalue weighted by atomic mass is 32.1.